The van der Waals surface area contributed by atoms with Gasteiger partial charge in [-0.2, -0.15) is 0 Å². The number of aromatic nitrogens is 1. The Labute approximate surface area is 144 Å². The fraction of sp³-hybridized carbons (Fsp3) is 0.294. The molecular formula is C17H19BrN4O. The van der Waals surface area contributed by atoms with E-state index < -0.39 is 0 Å². The molecule has 0 aliphatic carbocycles. The van der Waals surface area contributed by atoms with Crippen LogP contribution in [0.25, 0.3) is 0 Å². The van der Waals surface area contributed by atoms with Gasteiger partial charge in [0.25, 0.3) is 0 Å². The monoisotopic (exact) mass is 374 g/mol. The lowest BCUT2D eigenvalue weighted by atomic mass is 10.0. The molecule has 0 unspecified atom stereocenters. The van der Waals surface area contributed by atoms with Crippen molar-refractivity contribution in [1.82, 2.24) is 4.98 Å². The van der Waals surface area contributed by atoms with Crippen molar-refractivity contribution in [3.05, 3.63) is 58.3 Å². The molecular weight excluding hydrogens is 356 g/mol. The first-order valence-electron chi connectivity index (χ1n) is 7.58. The minimum absolute atomic E-state index is 0.0173. The van der Waals surface area contributed by atoms with Crippen molar-refractivity contribution in [2.75, 3.05) is 25.2 Å². The van der Waals surface area contributed by atoms with Gasteiger partial charge in [0.1, 0.15) is 6.73 Å². The number of pyridine rings is 1. The maximum atomic E-state index is 5.73. The van der Waals surface area contributed by atoms with Crippen molar-refractivity contribution in [1.29, 1.82) is 0 Å². The third-order valence-corrected chi connectivity index (χ3v) is 4.12. The lowest BCUT2D eigenvalue weighted by molar-refractivity contribution is 0.137. The highest BCUT2D eigenvalue weighted by atomic mass is 79.9. The Balaban J connectivity index is 2.14. The zero-order valence-corrected chi connectivity index (χ0v) is 14.3. The standard InChI is InChI=1S/C17H19BrN4O/c18-12-4-5-15-14(9-12)17(16-3-1-2-8-20-16)22-13(6-7-19)10-23-11-21-15/h1-5,8-9,13,21H,6-7,10-11,19H2/t13-/m0/s1. The number of benzene rings is 1. The maximum absolute atomic E-state index is 5.73. The third-order valence-electron chi connectivity index (χ3n) is 3.63. The van der Waals surface area contributed by atoms with E-state index in [1.807, 2.05) is 30.3 Å². The molecule has 2 heterocycles. The van der Waals surface area contributed by atoms with Crippen LogP contribution in [0.15, 0.2) is 52.1 Å². The number of rotatable bonds is 3. The lowest BCUT2D eigenvalue weighted by Gasteiger charge is -2.14. The number of nitrogens with two attached hydrogens (primary N) is 1. The van der Waals surface area contributed by atoms with Gasteiger partial charge in [-0.25, -0.2) is 0 Å². The smallest absolute Gasteiger partial charge is 0.116 e. The molecule has 120 valence electrons. The van der Waals surface area contributed by atoms with Crippen LogP contribution in [0.2, 0.25) is 0 Å². The molecule has 0 bridgehead atoms. The van der Waals surface area contributed by atoms with Crippen LogP contribution in [0.3, 0.4) is 0 Å². The Hall–Kier alpha value is -1.76. The van der Waals surface area contributed by atoms with Crippen LogP contribution in [0, 0.1) is 0 Å². The molecule has 0 spiro atoms. The van der Waals surface area contributed by atoms with Crippen molar-refractivity contribution in [3.8, 4) is 0 Å². The summed E-state index contributed by atoms with van der Waals surface area (Å²) in [6, 6.07) is 11.9. The summed E-state index contributed by atoms with van der Waals surface area (Å²) in [6.45, 7) is 1.56. The largest absolute Gasteiger partial charge is 0.362 e. The predicted octanol–water partition coefficient (Wildman–Crippen LogP) is 2.80. The SMILES string of the molecule is NCC[C@H]1COCNc2ccc(Br)cc2C(c2ccccn2)=N1. The summed E-state index contributed by atoms with van der Waals surface area (Å²) in [6.07, 6.45) is 2.56. The topological polar surface area (TPSA) is 72.5 Å². The summed E-state index contributed by atoms with van der Waals surface area (Å²) >= 11 is 3.55. The van der Waals surface area contributed by atoms with Gasteiger partial charge in [-0.1, -0.05) is 22.0 Å². The lowest BCUT2D eigenvalue weighted by Crippen LogP contribution is -2.21. The number of hydrogen-bond acceptors (Lipinski definition) is 5. The van der Waals surface area contributed by atoms with Gasteiger partial charge in [-0.3, -0.25) is 9.98 Å². The maximum Gasteiger partial charge on any atom is 0.116 e. The summed E-state index contributed by atoms with van der Waals surface area (Å²) in [5.74, 6) is 0. The first kappa shape index (κ1) is 16.1. The Bertz CT molecular complexity index is 690. The zero-order chi connectivity index (χ0) is 16.1. The van der Waals surface area contributed by atoms with Gasteiger partial charge >= 0.3 is 0 Å². The molecule has 1 aliphatic heterocycles. The predicted molar refractivity (Wildman–Crippen MR) is 95.9 cm³/mol. The molecule has 0 amide bonds. The Morgan fingerprint density at radius 3 is 3.00 bits per heavy atom. The summed E-state index contributed by atoms with van der Waals surface area (Å²) in [5.41, 5.74) is 9.42. The van der Waals surface area contributed by atoms with Crippen LogP contribution in [0.1, 0.15) is 17.7 Å². The minimum atomic E-state index is 0.0173. The molecule has 3 rings (SSSR count). The van der Waals surface area contributed by atoms with Gasteiger partial charge in [0.2, 0.25) is 0 Å². The summed E-state index contributed by atoms with van der Waals surface area (Å²) in [7, 11) is 0. The van der Waals surface area contributed by atoms with E-state index in [1.54, 1.807) is 6.20 Å². The molecule has 0 radical (unpaired) electrons. The number of anilines is 1. The Kier molecular flexibility index (Phi) is 5.38. The van der Waals surface area contributed by atoms with Crippen LogP contribution in [0.5, 0.6) is 0 Å². The quantitative estimate of drug-likeness (QED) is 0.866. The van der Waals surface area contributed by atoms with Gasteiger partial charge in [0.05, 0.1) is 24.1 Å². The highest BCUT2D eigenvalue weighted by Crippen LogP contribution is 2.25. The molecule has 1 aromatic carbocycles. The van der Waals surface area contributed by atoms with Gasteiger partial charge in [-0.05, 0) is 43.3 Å². The van der Waals surface area contributed by atoms with Crippen molar-refractivity contribution in [2.24, 2.45) is 10.7 Å². The van der Waals surface area contributed by atoms with Crippen molar-refractivity contribution in [2.45, 2.75) is 12.5 Å². The van der Waals surface area contributed by atoms with E-state index in [0.29, 0.717) is 19.9 Å². The number of nitrogens with one attached hydrogen (secondary N) is 1. The number of hydrogen-bond donors (Lipinski definition) is 2. The van der Waals surface area contributed by atoms with Crippen molar-refractivity contribution >= 4 is 27.3 Å². The highest BCUT2D eigenvalue weighted by Gasteiger charge is 2.18. The van der Waals surface area contributed by atoms with E-state index in [1.165, 1.54) is 0 Å². The third kappa shape index (κ3) is 3.96. The van der Waals surface area contributed by atoms with Crippen LogP contribution >= 0.6 is 15.9 Å². The second-order valence-electron chi connectivity index (χ2n) is 5.31. The van der Waals surface area contributed by atoms with E-state index >= 15 is 0 Å². The fourth-order valence-corrected chi connectivity index (χ4v) is 2.89. The van der Waals surface area contributed by atoms with E-state index in [9.17, 15) is 0 Å². The van der Waals surface area contributed by atoms with Gasteiger partial charge in [-0.15, -0.1) is 0 Å². The number of fused-ring (bicyclic) bond motifs is 1. The van der Waals surface area contributed by atoms with Crippen molar-refractivity contribution < 1.29 is 4.74 Å². The van der Waals surface area contributed by atoms with Crippen LogP contribution in [-0.4, -0.2) is 36.6 Å². The van der Waals surface area contributed by atoms with Crippen LogP contribution < -0.4 is 11.1 Å². The molecule has 1 aliphatic rings. The number of nitrogens with zero attached hydrogens (tertiary/aromatic N) is 2. The summed E-state index contributed by atoms with van der Waals surface area (Å²) in [5, 5.41) is 3.31. The summed E-state index contributed by atoms with van der Waals surface area (Å²) in [4.78, 5) is 9.41. The zero-order valence-electron chi connectivity index (χ0n) is 12.7. The van der Waals surface area contributed by atoms with Gasteiger partial charge in [0, 0.05) is 21.9 Å². The average Bonchev–Trinajstić information content (AvgIpc) is 2.65. The Morgan fingerprint density at radius 1 is 1.30 bits per heavy atom. The van der Waals surface area contributed by atoms with Gasteiger partial charge < -0.3 is 15.8 Å². The van der Waals surface area contributed by atoms with Crippen LogP contribution in [-0.2, 0) is 4.74 Å². The first-order valence-corrected chi connectivity index (χ1v) is 8.38. The van der Waals surface area contributed by atoms with Crippen LogP contribution in [0.4, 0.5) is 5.69 Å². The fourth-order valence-electron chi connectivity index (χ4n) is 2.53. The molecule has 2 aromatic rings. The molecule has 0 fully saturated rings. The van der Waals surface area contributed by atoms with Crippen molar-refractivity contribution in [3.63, 3.8) is 0 Å². The van der Waals surface area contributed by atoms with E-state index in [2.05, 4.69) is 32.3 Å². The molecule has 5 nitrogen and oxygen atoms in total. The molecule has 0 saturated carbocycles. The van der Waals surface area contributed by atoms with Gasteiger partial charge in [0.15, 0.2) is 0 Å². The van der Waals surface area contributed by atoms with E-state index in [-0.39, 0.29) is 6.04 Å². The molecule has 1 aromatic heterocycles. The first-order chi connectivity index (χ1) is 11.3. The van der Waals surface area contributed by atoms with E-state index in [4.69, 9.17) is 15.5 Å². The normalized spacial score (nSPS) is 18.0. The van der Waals surface area contributed by atoms with E-state index in [0.717, 1.165) is 33.5 Å². The minimum Gasteiger partial charge on any atom is -0.362 e. The Morgan fingerprint density at radius 2 is 2.22 bits per heavy atom. The summed E-state index contributed by atoms with van der Waals surface area (Å²) < 4.78 is 6.68. The molecule has 1 atom stereocenters. The average molecular weight is 375 g/mol. The second kappa shape index (κ2) is 7.68. The number of halogens is 1. The molecule has 23 heavy (non-hydrogen) atoms. The molecule has 3 N–H and O–H groups in total. The molecule has 6 heteroatoms. The second-order valence-corrected chi connectivity index (χ2v) is 6.22. The number of aliphatic imine (C=N–C) groups is 1. The highest BCUT2D eigenvalue weighted by molar-refractivity contribution is 9.10. The molecule has 0 saturated heterocycles. The number of ether oxygens (including phenoxy) is 1.